The van der Waals surface area contributed by atoms with Crippen LogP contribution in [-0.2, 0) is 0 Å². The summed E-state index contributed by atoms with van der Waals surface area (Å²) >= 11 is 0. The van der Waals surface area contributed by atoms with Crippen molar-refractivity contribution in [3.05, 3.63) is 0 Å². The predicted molar refractivity (Wildman–Crippen MR) is 21.1 cm³/mol. The fourth-order valence-electron chi connectivity index (χ4n) is 0.323. The van der Waals surface area contributed by atoms with Crippen molar-refractivity contribution in [1.82, 2.24) is 5.23 Å². The van der Waals surface area contributed by atoms with Crippen molar-refractivity contribution in [2.45, 2.75) is 0 Å². The van der Waals surface area contributed by atoms with Crippen molar-refractivity contribution in [2.75, 3.05) is 13.1 Å². The first kappa shape index (κ1) is 2.88. The van der Waals surface area contributed by atoms with E-state index in [9.17, 15) is 0 Å². The van der Waals surface area contributed by atoms with Crippen molar-refractivity contribution < 1.29 is 0 Å². The molecular formula is C2H5BN2. The maximum atomic E-state index is 3.85. The molecule has 0 radical (unpaired) electrons. The first-order valence-corrected chi connectivity index (χ1v) is 1.72. The van der Waals surface area contributed by atoms with E-state index >= 15 is 0 Å². The molecule has 0 spiro atoms. The number of rotatable bonds is 0. The van der Waals surface area contributed by atoms with E-state index in [0.717, 1.165) is 13.1 Å². The van der Waals surface area contributed by atoms with Gasteiger partial charge in [-0.1, -0.05) is 0 Å². The second-order valence-electron chi connectivity index (χ2n) is 0.989. The van der Waals surface area contributed by atoms with Crippen LogP contribution < -0.4 is 5.23 Å². The van der Waals surface area contributed by atoms with Gasteiger partial charge in [0.15, 0.2) is 0 Å². The Labute approximate surface area is 31.6 Å². The Morgan fingerprint density at radius 2 is 2.80 bits per heavy atom. The van der Waals surface area contributed by atoms with Crippen LogP contribution in [0.2, 0.25) is 0 Å². The maximum absolute atomic E-state index is 3.85. The van der Waals surface area contributed by atoms with Gasteiger partial charge in [0.1, 0.15) is 0 Å². The normalized spacial score (nSPS) is 17.6. The van der Waals surface area contributed by atoms with Gasteiger partial charge in [-0.2, -0.15) is 0 Å². The SMILES string of the molecule is B1=NCCN1. The molecular weight excluding hydrogens is 62.8 g/mol. The molecule has 0 saturated heterocycles. The molecule has 0 saturated carbocycles. The zero-order valence-corrected chi connectivity index (χ0v) is 2.94. The molecule has 1 aliphatic rings. The van der Waals surface area contributed by atoms with Crippen LogP contribution in [0.1, 0.15) is 0 Å². The Hall–Kier alpha value is -0.335. The summed E-state index contributed by atoms with van der Waals surface area (Å²) in [6.45, 7) is 1.99. The van der Waals surface area contributed by atoms with Gasteiger partial charge in [0.05, 0.1) is 0 Å². The zero-order chi connectivity index (χ0) is 3.54. The molecule has 0 aromatic heterocycles. The Kier molecular flexibility index (Phi) is 0.689. The summed E-state index contributed by atoms with van der Waals surface area (Å²) in [5.74, 6) is 0. The van der Waals surface area contributed by atoms with Gasteiger partial charge in [0, 0.05) is 0 Å². The van der Waals surface area contributed by atoms with Crippen molar-refractivity contribution in [2.24, 2.45) is 4.90 Å². The van der Waals surface area contributed by atoms with Crippen molar-refractivity contribution >= 4 is 7.21 Å². The van der Waals surface area contributed by atoms with E-state index in [4.69, 9.17) is 0 Å². The van der Waals surface area contributed by atoms with Gasteiger partial charge < -0.3 is 0 Å². The third-order valence-electron chi connectivity index (χ3n) is 0.568. The molecule has 5 heavy (non-hydrogen) atoms. The molecule has 1 rings (SSSR count). The molecule has 0 bridgehead atoms. The fourth-order valence-corrected chi connectivity index (χ4v) is 0.323. The second kappa shape index (κ2) is 1.20. The predicted octanol–water partition coefficient (Wildman–Crippen LogP) is -0.608. The molecule has 0 aliphatic carbocycles. The van der Waals surface area contributed by atoms with Crippen LogP contribution in [0.25, 0.3) is 0 Å². The average molecular weight is 67.9 g/mol. The molecule has 26 valence electrons. The van der Waals surface area contributed by atoms with E-state index in [1.807, 2.05) is 0 Å². The van der Waals surface area contributed by atoms with Gasteiger partial charge in [-0.05, 0) is 0 Å². The van der Waals surface area contributed by atoms with Crippen molar-refractivity contribution in [3.63, 3.8) is 0 Å². The number of nitrogens with one attached hydrogen (secondary N) is 1. The molecule has 0 fully saturated rings. The number of hydrogen-bond donors (Lipinski definition) is 1. The average Bonchev–Trinajstić information content (AvgIpc) is 1.76. The van der Waals surface area contributed by atoms with Crippen LogP contribution in [0, 0.1) is 0 Å². The minimum atomic E-state index is 0.958. The van der Waals surface area contributed by atoms with Gasteiger partial charge >= 0.3 is 30.4 Å². The van der Waals surface area contributed by atoms with Crippen molar-refractivity contribution in [3.8, 4) is 0 Å². The van der Waals surface area contributed by atoms with Gasteiger partial charge in [-0.15, -0.1) is 0 Å². The molecule has 0 unspecified atom stereocenters. The molecule has 1 aliphatic heterocycles. The van der Waals surface area contributed by atoms with Crippen LogP contribution >= 0.6 is 0 Å². The van der Waals surface area contributed by atoms with Crippen LogP contribution in [0.4, 0.5) is 0 Å². The summed E-state index contributed by atoms with van der Waals surface area (Å²) in [4.78, 5) is 3.85. The third kappa shape index (κ3) is 0.467. The first-order valence-electron chi connectivity index (χ1n) is 1.72. The minimum absolute atomic E-state index is 0.958. The Morgan fingerprint density at radius 3 is 3.00 bits per heavy atom. The van der Waals surface area contributed by atoms with Gasteiger partial charge in [-0.3, -0.25) is 0 Å². The summed E-state index contributed by atoms with van der Waals surface area (Å²) in [7, 11) is 1.74. The number of hydrogen-bond acceptors (Lipinski definition) is 2. The molecule has 1 heterocycles. The monoisotopic (exact) mass is 68.1 g/mol. The molecule has 0 atom stereocenters. The van der Waals surface area contributed by atoms with E-state index in [1.165, 1.54) is 0 Å². The van der Waals surface area contributed by atoms with Gasteiger partial charge in [-0.25, -0.2) is 0 Å². The third-order valence-corrected chi connectivity index (χ3v) is 0.568. The molecule has 2 nitrogen and oxygen atoms in total. The van der Waals surface area contributed by atoms with E-state index in [-0.39, 0.29) is 0 Å². The van der Waals surface area contributed by atoms with Crippen LogP contribution in [0.3, 0.4) is 0 Å². The molecule has 3 heteroatoms. The van der Waals surface area contributed by atoms with Gasteiger partial charge in [0.25, 0.3) is 0 Å². The first-order chi connectivity index (χ1) is 2.50. The number of nitrogens with zero attached hydrogens (tertiary/aromatic N) is 1. The molecule has 1 N–H and O–H groups in total. The second-order valence-corrected chi connectivity index (χ2v) is 0.989. The standard InChI is InChI=1S/C2H5BN2/c1-2-5-3-4-1/h4H,1-2H2. The summed E-state index contributed by atoms with van der Waals surface area (Å²) in [5, 5.41) is 2.93. The fraction of sp³-hybridized carbons (Fsp3) is 1.00. The topological polar surface area (TPSA) is 24.4 Å². The van der Waals surface area contributed by atoms with E-state index in [2.05, 4.69) is 10.1 Å². The molecule has 0 amide bonds. The van der Waals surface area contributed by atoms with E-state index < -0.39 is 0 Å². The van der Waals surface area contributed by atoms with E-state index in [0.29, 0.717) is 0 Å². The van der Waals surface area contributed by atoms with Crippen molar-refractivity contribution in [1.29, 1.82) is 0 Å². The Morgan fingerprint density at radius 1 is 1.80 bits per heavy atom. The quantitative estimate of drug-likeness (QED) is 0.376. The molecule has 0 aromatic carbocycles. The van der Waals surface area contributed by atoms with Gasteiger partial charge in [0.2, 0.25) is 0 Å². The summed E-state index contributed by atoms with van der Waals surface area (Å²) in [6.07, 6.45) is 0. The summed E-state index contributed by atoms with van der Waals surface area (Å²) in [5.41, 5.74) is 0. The molecule has 0 aromatic rings. The summed E-state index contributed by atoms with van der Waals surface area (Å²) in [6, 6.07) is 0. The Balaban J connectivity index is 2.32. The van der Waals surface area contributed by atoms with E-state index in [1.54, 1.807) is 7.21 Å². The van der Waals surface area contributed by atoms with Crippen LogP contribution in [0.15, 0.2) is 4.90 Å². The Bertz CT molecular complexity index is 45.6. The summed E-state index contributed by atoms with van der Waals surface area (Å²) < 4.78 is 0. The van der Waals surface area contributed by atoms with Crippen LogP contribution in [-0.4, -0.2) is 20.3 Å². The van der Waals surface area contributed by atoms with Crippen LogP contribution in [0.5, 0.6) is 0 Å². The zero-order valence-electron chi connectivity index (χ0n) is 2.94.